The van der Waals surface area contributed by atoms with Crippen molar-refractivity contribution in [2.24, 2.45) is 0 Å². The molecule has 0 spiro atoms. The summed E-state index contributed by atoms with van der Waals surface area (Å²) in [5.41, 5.74) is 2.50. The summed E-state index contributed by atoms with van der Waals surface area (Å²) in [6.45, 7) is 2.07. The summed E-state index contributed by atoms with van der Waals surface area (Å²) >= 11 is 5.93. The second-order valence-electron chi connectivity index (χ2n) is 7.31. The van der Waals surface area contributed by atoms with E-state index < -0.39 is 0 Å². The van der Waals surface area contributed by atoms with Gasteiger partial charge in [0.1, 0.15) is 23.8 Å². The van der Waals surface area contributed by atoms with Crippen LogP contribution in [-0.4, -0.2) is 21.9 Å². The zero-order chi connectivity index (χ0) is 23.2. The highest BCUT2D eigenvalue weighted by molar-refractivity contribution is 6.30. The topological polar surface area (TPSA) is 81.9 Å². The predicted molar refractivity (Wildman–Crippen MR) is 127 cm³/mol. The average Bonchev–Trinajstić information content (AvgIpc) is 2.82. The first-order valence-corrected chi connectivity index (χ1v) is 10.8. The van der Waals surface area contributed by atoms with Crippen LogP contribution in [0.3, 0.4) is 0 Å². The molecular formula is C25H22ClN3O4. The van der Waals surface area contributed by atoms with Gasteiger partial charge in [0.2, 0.25) is 0 Å². The number of nitrogens with one attached hydrogen (secondary N) is 1. The lowest BCUT2D eigenvalue weighted by molar-refractivity contribution is -0.118. The highest BCUT2D eigenvalue weighted by Crippen LogP contribution is 2.19. The Morgan fingerprint density at radius 1 is 1.03 bits per heavy atom. The van der Waals surface area contributed by atoms with Gasteiger partial charge in [-0.25, -0.2) is 4.98 Å². The number of hydrogen-bond donors (Lipinski definition) is 1. The Hall–Kier alpha value is -3.84. The molecule has 1 N–H and O–H groups in total. The maximum Gasteiger partial charge on any atom is 0.262 e. The first kappa shape index (κ1) is 22.4. The third-order valence-electron chi connectivity index (χ3n) is 4.88. The van der Waals surface area contributed by atoms with Crippen molar-refractivity contribution in [3.8, 4) is 11.5 Å². The van der Waals surface area contributed by atoms with Crippen LogP contribution < -0.4 is 20.3 Å². The molecule has 0 aliphatic heterocycles. The summed E-state index contributed by atoms with van der Waals surface area (Å²) in [5.74, 6) is 0.886. The summed E-state index contributed by atoms with van der Waals surface area (Å²) in [7, 11) is 0. The van der Waals surface area contributed by atoms with Gasteiger partial charge < -0.3 is 14.8 Å². The highest BCUT2D eigenvalue weighted by Gasteiger charge is 2.07. The van der Waals surface area contributed by atoms with Gasteiger partial charge in [0.25, 0.3) is 11.5 Å². The molecule has 0 unspecified atom stereocenters. The molecule has 8 heteroatoms. The molecule has 0 atom stereocenters. The highest BCUT2D eigenvalue weighted by atomic mass is 35.5. The van der Waals surface area contributed by atoms with Crippen molar-refractivity contribution in [2.45, 2.75) is 20.0 Å². The Bertz CT molecular complexity index is 1340. The van der Waals surface area contributed by atoms with Gasteiger partial charge in [-0.05, 0) is 48.4 Å². The number of ether oxygens (including phenoxy) is 2. The second kappa shape index (κ2) is 10.2. The fraction of sp³-hybridized carbons (Fsp3) is 0.160. The molecule has 0 radical (unpaired) electrons. The van der Waals surface area contributed by atoms with Gasteiger partial charge in [0.05, 0.1) is 10.7 Å². The molecule has 2 aromatic carbocycles. The number of fused-ring (bicyclic) bond motifs is 1. The molecule has 1 amide bonds. The normalized spacial score (nSPS) is 10.7. The molecule has 0 saturated heterocycles. The van der Waals surface area contributed by atoms with Crippen molar-refractivity contribution in [3.05, 3.63) is 99.6 Å². The first-order chi connectivity index (χ1) is 16.0. The van der Waals surface area contributed by atoms with Crippen LogP contribution in [0.1, 0.15) is 18.2 Å². The van der Waals surface area contributed by atoms with E-state index in [1.807, 2.05) is 24.3 Å². The minimum Gasteiger partial charge on any atom is -0.487 e. The van der Waals surface area contributed by atoms with Crippen molar-refractivity contribution in [1.82, 2.24) is 9.38 Å². The van der Waals surface area contributed by atoms with E-state index >= 15 is 0 Å². The zero-order valence-corrected chi connectivity index (χ0v) is 18.7. The van der Waals surface area contributed by atoms with E-state index in [4.69, 9.17) is 21.1 Å². The minimum absolute atomic E-state index is 0.0998. The Kier molecular flexibility index (Phi) is 6.90. The number of carbonyl (C=O) groups is 1. The fourth-order valence-corrected chi connectivity index (χ4v) is 3.35. The van der Waals surface area contributed by atoms with Crippen molar-refractivity contribution >= 4 is 28.8 Å². The first-order valence-electron chi connectivity index (χ1n) is 10.4. The van der Waals surface area contributed by atoms with Gasteiger partial charge in [-0.3, -0.25) is 14.0 Å². The average molecular weight is 464 g/mol. The molecule has 0 aliphatic carbocycles. The molecule has 0 saturated carbocycles. The zero-order valence-electron chi connectivity index (χ0n) is 18.0. The number of amides is 1. The molecule has 168 valence electrons. The maximum absolute atomic E-state index is 12.3. The molecule has 2 aromatic heterocycles. The van der Waals surface area contributed by atoms with E-state index in [0.717, 1.165) is 6.42 Å². The predicted octanol–water partition coefficient (Wildman–Crippen LogP) is 4.51. The minimum atomic E-state index is -0.283. The van der Waals surface area contributed by atoms with Crippen molar-refractivity contribution in [3.63, 3.8) is 0 Å². The van der Waals surface area contributed by atoms with E-state index in [2.05, 4.69) is 17.2 Å². The fourth-order valence-electron chi connectivity index (χ4n) is 3.19. The summed E-state index contributed by atoms with van der Waals surface area (Å²) in [6, 6.07) is 19.4. The second-order valence-corrected chi connectivity index (χ2v) is 7.75. The van der Waals surface area contributed by atoms with Crippen LogP contribution in [0.5, 0.6) is 11.5 Å². The van der Waals surface area contributed by atoms with Crippen LogP contribution in [0, 0.1) is 0 Å². The number of pyridine rings is 1. The molecule has 4 rings (SSSR count). The summed E-state index contributed by atoms with van der Waals surface area (Å²) < 4.78 is 12.7. The molecular weight excluding hydrogens is 442 g/mol. The van der Waals surface area contributed by atoms with Crippen LogP contribution in [0.25, 0.3) is 5.65 Å². The number of anilines is 1. The van der Waals surface area contributed by atoms with Crippen LogP contribution >= 0.6 is 11.6 Å². The number of aryl methyl sites for hydroxylation is 1. The number of halogens is 1. The van der Waals surface area contributed by atoms with Crippen molar-refractivity contribution in [2.75, 3.05) is 11.9 Å². The SMILES string of the molecule is CCc1ccc(OCC(=O)Nc2cccc(OCc3cc(=O)n4cc(Cl)ccc4n3)c2)cc1. The van der Waals surface area contributed by atoms with Crippen molar-refractivity contribution in [1.29, 1.82) is 0 Å². The van der Waals surface area contributed by atoms with Gasteiger partial charge in [0, 0.05) is 24.0 Å². The lowest BCUT2D eigenvalue weighted by atomic mass is 10.2. The van der Waals surface area contributed by atoms with E-state index in [-0.39, 0.29) is 24.7 Å². The van der Waals surface area contributed by atoms with Gasteiger partial charge in [-0.2, -0.15) is 0 Å². The third kappa shape index (κ3) is 5.90. The van der Waals surface area contributed by atoms with E-state index in [9.17, 15) is 9.59 Å². The Balaban J connectivity index is 1.34. The van der Waals surface area contributed by atoms with Gasteiger partial charge in [0.15, 0.2) is 6.61 Å². The summed E-state index contributed by atoms with van der Waals surface area (Å²) in [6.07, 6.45) is 2.47. The van der Waals surface area contributed by atoms with Gasteiger partial charge in [-0.1, -0.05) is 36.7 Å². The van der Waals surface area contributed by atoms with E-state index in [1.165, 1.54) is 22.2 Å². The number of carbonyl (C=O) groups excluding carboxylic acids is 1. The monoisotopic (exact) mass is 463 g/mol. The Morgan fingerprint density at radius 3 is 2.64 bits per heavy atom. The summed E-state index contributed by atoms with van der Waals surface area (Å²) in [5, 5.41) is 3.24. The molecule has 0 bridgehead atoms. The Labute approximate surface area is 195 Å². The number of hydrogen-bond acceptors (Lipinski definition) is 5. The molecule has 0 aliphatic rings. The van der Waals surface area contributed by atoms with Gasteiger partial charge >= 0.3 is 0 Å². The number of benzene rings is 2. The van der Waals surface area contributed by atoms with E-state index in [1.54, 1.807) is 36.4 Å². The number of rotatable bonds is 8. The van der Waals surface area contributed by atoms with Gasteiger partial charge in [-0.15, -0.1) is 0 Å². The lowest BCUT2D eigenvalue weighted by Gasteiger charge is -2.10. The van der Waals surface area contributed by atoms with Crippen molar-refractivity contribution < 1.29 is 14.3 Å². The van der Waals surface area contributed by atoms with Crippen LogP contribution in [-0.2, 0) is 17.8 Å². The molecule has 0 fully saturated rings. The van der Waals surface area contributed by atoms with E-state index in [0.29, 0.717) is 33.6 Å². The quantitative estimate of drug-likeness (QED) is 0.416. The standard InChI is InChI=1S/C25H22ClN3O4/c1-2-17-6-9-21(10-7-17)33-16-24(30)28-19-4-3-5-22(12-19)32-15-20-13-25(31)29-14-18(26)8-11-23(29)27-20/h3-14H,2,15-16H2,1H3,(H,28,30). The summed E-state index contributed by atoms with van der Waals surface area (Å²) in [4.78, 5) is 29.0. The molecule has 4 aromatic rings. The third-order valence-corrected chi connectivity index (χ3v) is 5.11. The molecule has 7 nitrogen and oxygen atoms in total. The van der Waals surface area contributed by atoms with Crippen LogP contribution in [0.15, 0.2) is 77.7 Å². The largest absolute Gasteiger partial charge is 0.487 e. The lowest BCUT2D eigenvalue weighted by Crippen LogP contribution is -2.20. The van der Waals surface area contributed by atoms with Crippen LogP contribution in [0.2, 0.25) is 5.02 Å². The maximum atomic E-state index is 12.3. The molecule has 33 heavy (non-hydrogen) atoms. The van der Waals surface area contributed by atoms with Crippen LogP contribution in [0.4, 0.5) is 5.69 Å². The molecule has 2 heterocycles. The Morgan fingerprint density at radius 2 is 1.85 bits per heavy atom. The number of nitrogens with zero attached hydrogens (tertiary/aromatic N) is 2. The smallest absolute Gasteiger partial charge is 0.262 e. The number of aromatic nitrogens is 2.